The average Bonchev–Trinajstić information content (AvgIpc) is 3.14. The van der Waals surface area contributed by atoms with Gasteiger partial charge in [-0.25, -0.2) is 0 Å². The number of benzene rings is 1. The first-order chi connectivity index (χ1) is 14.6. The molecule has 0 atom stereocenters. The number of thioether (sulfide) groups is 1. The van der Waals surface area contributed by atoms with Gasteiger partial charge in [0.2, 0.25) is 5.91 Å². The fourth-order valence-electron chi connectivity index (χ4n) is 3.48. The number of hydrogen-bond donors (Lipinski definition) is 1. The first-order valence-electron chi connectivity index (χ1n) is 10.4. The van der Waals surface area contributed by atoms with E-state index in [2.05, 4.69) is 27.0 Å². The van der Waals surface area contributed by atoms with Gasteiger partial charge in [-0.15, -0.1) is 16.8 Å². The number of Topliss-reactive ketones (excluding diaryl/α,β-unsaturated/α-hetero) is 1. The maximum atomic E-state index is 12.3. The Kier molecular flexibility index (Phi) is 8.21. The van der Waals surface area contributed by atoms with E-state index < -0.39 is 0 Å². The van der Waals surface area contributed by atoms with Gasteiger partial charge in [-0.3, -0.25) is 9.59 Å². The van der Waals surface area contributed by atoms with Gasteiger partial charge >= 0.3 is 0 Å². The number of anilines is 1. The molecule has 1 fully saturated rings. The molecule has 1 aliphatic rings. The SMILES string of the molecule is C=CCn1c(CCN2CCCCC2)nnc1SCC(=O)Nc1ccc(C(C)=O)cc1. The molecule has 0 bridgehead atoms. The first kappa shape index (κ1) is 22.2. The Balaban J connectivity index is 1.54. The fraction of sp³-hybridized carbons (Fsp3) is 0.455. The Morgan fingerprint density at radius 1 is 1.17 bits per heavy atom. The van der Waals surface area contributed by atoms with Crippen molar-refractivity contribution in [3.63, 3.8) is 0 Å². The van der Waals surface area contributed by atoms with Crippen molar-refractivity contribution in [3.05, 3.63) is 48.3 Å². The molecule has 3 rings (SSSR count). The molecule has 0 aliphatic carbocycles. The molecule has 1 amide bonds. The monoisotopic (exact) mass is 427 g/mol. The van der Waals surface area contributed by atoms with E-state index in [0.29, 0.717) is 17.8 Å². The summed E-state index contributed by atoms with van der Waals surface area (Å²) in [6, 6.07) is 6.89. The predicted molar refractivity (Wildman–Crippen MR) is 120 cm³/mol. The number of amides is 1. The number of carbonyl (C=O) groups is 2. The van der Waals surface area contributed by atoms with E-state index in [1.165, 1.54) is 37.9 Å². The fourth-order valence-corrected chi connectivity index (χ4v) is 4.25. The van der Waals surface area contributed by atoms with Gasteiger partial charge in [-0.05, 0) is 57.1 Å². The minimum atomic E-state index is -0.126. The van der Waals surface area contributed by atoms with Gasteiger partial charge in [0.1, 0.15) is 5.82 Å². The summed E-state index contributed by atoms with van der Waals surface area (Å²) in [5, 5.41) is 12.2. The quantitative estimate of drug-likeness (QED) is 0.355. The Bertz CT molecular complexity index is 872. The highest BCUT2D eigenvalue weighted by atomic mass is 32.2. The zero-order valence-corrected chi connectivity index (χ0v) is 18.3. The van der Waals surface area contributed by atoms with Crippen LogP contribution in [0.5, 0.6) is 0 Å². The van der Waals surface area contributed by atoms with Crippen molar-refractivity contribution in [1.29, 1.82) is 0 Å². The zero-order valence-electron chi connectivity index (χ0n) is 17.5. The number of ketones is 1. The van der Waals surface area contributed by atoms with Crippen molar-refractivity contribution >= 4 is 29.1 Å². The van der Waals surface area contributed by atoms with Crippen molar-refractivity contribution < 1.29 is 9.59 Å². The predicted octanol–water partition coefficient (Wildman–Crippen LogP) is 3.43. The third kappa shape index (κ3) is 6.27. The van der Waals surface area contributed by atoms with E-state index in [0.717, 1.165) is 37.0 Å². The van der Waals surface area contributed by atoms with Gasteiger partial charge in [0.15, 0.2) is 10.9 Å². The van der Waals surface area contributed by atoms with Crippen LogP contribution in [0.15, 0.2) is 42.1 Å². The number of likely N-dealkylation sites (tertiary alicyclic amines) is 1. The lowest BCUT2D eigenvalue weighted by molar-refractivity contribution is -0.113. The third-order valence-electron chi connectivity index (χ3n) is 5.11. The molecule has 0 saturated carbocycles. The van der Waals surface area contributed by atoms with E-state index >= 15 is 0 Å². The molecule has 8 heteroatoms. The highest BCUT2D eigenvalue weighted by Crippen LogP contribution is 2.19. The molecule has 1 aromatic heterocycles. The van der Waals surface area contributed by atoms with E-state index in [9.17, 15) is 9.59 Å². The molecular weight excluding hydrogens is 398 g/mol. The summed E-state index contributed by atoms with van der Waals surface area (Å²) in [6.07, 6.45) is 6.54. The van der Waals surface area contributed by atoms with Crippen LogP contribution in [-0.2, 0) is 17.8 Å². The van der Waals surface area contributed by atoms with Crippen LogP contribution in [-0.4, -0.2) is 56.7 Å². The summed E-state index contributed by atoms with van der Waals surface area (Å²) in [4.78, 5) is 26.2. The average molecular weight is 428 g/mol. The van der Waals surface area contributed by atoms with Crippen molar-refractivity contribution in [2.45, 2.75) is 44.3 Å². The molecule has 30 heavy (non-hydrogen) atoms. The lowest BCUT2D eigenvalue weighted by atomic mass is 10.1. The van der Waals surface area contributed by atoms with Crippen LogP contribution in [0.25, 0.3) is 0 Å². The second-order valence-electron chi connectivity index (χ2n) is 7.42. The van der Waals surface area contributed by atoms with Crippen LogP contribution >= 0.6 is 11.8 Å². The molecule has 7 nitrogen and oxygen atoms in total. The van der Waals surface area contributed by atoms with E-state index in [1.807, 2.05) is 10.6 Å². The standard InChI is InChI=1S/C22H29N5O2S/c1-3-12-27-20(11-15-26-13-5-4-6-14-26)24-25-22(27)30-16-21(29)23-19-9-7-18(8-10-19)17(2)28/h3,7-10H,1,4-6,11-16H2,2H3,(H,23,29). The summed E-state index contributed by atoms with van der Waals surface area (Å²) in [6.45, 7) is 9.28. The lowest BCUT2D eigenvalue weighted by Crippen LogP contribution is -2.32. The van der Waals surface area contributed by atoms with Crippen LogP contribution in [0.3, 0.4) is 0 Å². The highest BCUT2D eigenvalue weighted by molar-refractivity contribution is 7.99. The molecule has 0 radical (unpaired) electrons. The number of allylic oxidation sites excluding steroid dienone is 1. The van der Waals surface area contributed by atoms with E-state index in [1.54, 1.807) is 24.3 Å². The largest absolute Gasteiger partial charge is 0.325 e. The number of carbonyl (C=O) groups excluding carboxylic acids is 2. The molecular formula is C22H29N5O2S. The summed E-state index contributed by atoms with van der Waals surface area (Å²) < 4.78 is 2.04. The number of rotatable bonds is 10. The van der Waals surface area contributed by atoms with Gasteiger partial charge in [0, 0.05) is 30.8 Å². The van der Waals surface area contributed by atoms with Crippen molar-refractivity contribution in [2.24, 2.45) is 0 Å². The van der Waals surface area contributed by atoms with Crippen LogP contribution in [0.4, 0.5) is 5.69 Å². The smallest absolute Gasteiger partial charge is 0.234 e. The number of aromatic nitrogens is 3. The van der Waals surface area contributed by atoms with Crippen molar-refractivity contribution in [2.75, 3.05) is 30.7 Å². The second-order valence-corrected chi connectivity index (χ2v) is 8.36. The number of piperidine rings is 1. The maximum Gasteiger partial charge on any atom is 0.234 e. The number of nitrogens with one attached hydrogen (secondary N) is 1. The highest BCUT2D eigenvalue weighted by Gasteiger charge is 2.16. The van der Waals surface area contributed by atoms with E-state index in [4.69, 9.17) is 0 Å². The molecule has 1 aromatic carbocycles. The summed E-state index contributed by atoms with van der Waals surface area (Å²) in [5.41, 5.74) is 1.29. The minimum Gasteiger partial charge on any atom is -0.325 e. The van der Waals surface area contributed by atoms with Gasteiger partial charge in [0.05, 0.1) is 5.75 Å². The van der Waals surface area contributed by atoms with Crippen molar-refractivity contribution in [3.8, 4) is 0 Å². The Labute approximate surface area is 181 Å². The topological polar surface area (TPSA) is 80.1 Å². The maximum absolute atomic E-state index is 12.3. The molecule has 0 spiro atoms. The Morgan fingerprint density at radius 3 is 2.57 bits per heavy atom. The molecule has 1 saturated heterocycles. The second kappa shape index (κ2) is 11.1. The molecule has 1 N–H and O–H groups in total. The number of hydrogen-bond acceptors (Lipinski definition) is 6. The first-order valence-corrected chi connectivity index (χ1v) is 11.3. The summed E-state index contributed by atoms with van der Waals surface area (Å²) in [5.74, 6) is 1.04. The summed E-state index contributed by atoms with van der Waals surface area (Å²) >= 11 is 1.37. The molecule has 160 valence electrons. The van der Waals surface area contributed by atoms with Crippen LogP contribution in [0.2, 0.25) is 0 Å². The molecule has 2 aromatic rings. The summed E-state index contributed by atoms with van der Waals surface area (Å²) in [7, 11) is 0. The molecule has 1 aliphatic heterocycles. The van der Waals surface area contributed by atoms with Gasteiger partial charge in [-0.1, -0.05) is 24.3 Å². The van der Waals surface area contributed by atoms with Crippen molar-refractivity contribution in [1.82, 2.24) is 19.7 Å². The van der Waals surface area contributed by atoms with Gasteiger partial charge in [-0.2, -0.15) is 0 Å². The van der Waals surface area contributed by atoms with Crippen LogP contribution in [0, 0.1) is 0 Å². The van der Waals surface area contributed by atoms with Gasteiger partial charge in [0.25, 0.3) is 0 Å². The third-order valence-corrected chi connectivity index (χ3v) is 6.08. The molecule has 0 unspecified atom stereocenters. The Hall–Kier alpha value is -2.45. The normalized spacial score (nSPS) is 14.4. The molecule has 2 heterocycles. The Morgan fingerprint density at radius 2 is 1.90 bits per heavy atom. The number of nitrogens with zero attached hydrogens (tertiary/aromatic N) is 4. The van der Waals surface area contributed by atoms with Gasteiger partial charge < -0.3 is 14.8 Å². The minimum absolute atomic E-state index is 0.000998. The van der Waals surface area contributed by atoms with E-state index in [-0.39, 0.29) is 17.4 Å². The van der Waals surface area contributed by atoms with Crippen LogP contribution < -0.4 is 5.32 Å². The zero-order chi connectivity index (χ0) is 21.3. The van der Waals surface area contributed by atoms with Crippen LogP contribution in [0.1, 0.15) is 42.4 Å². The lowest BCUT2D eigenvalue weighted by Gasteiger charge is -2.26.